The van der Waals surface area contributed by atoms with Crippen molar-refractivity contribution in [1.29, 1.82) is 0 Å². The molecule has 4 aromatic heterocycles. The Hall–Kier alpha value is -2.99. The van der Waals surface area contributed by atoms with Gasteiger partial charge in [0.15, 0.2) is 0 Å². The molecule has 38 heavy (non-hydrogen) atoms. The second kappa shape index (κ2) is 12.2. The Labute approximate surface area is 234 Å². The average Bonchev–Trinajstić information content (AvgIpc) is 2.83. The zero-order valence-corrected chi connectivity index (χ0v) is 23.6. The van der Waals surface area contributed by atoms with Crippen LogP contribution in [0.4, 0.5) is 17.6 Å². The van der Waals surface area contributed by atoms with Crippen LogP contribution < -0.4 is 0 Å². The normalized spacial score (nSPS) is 11.6. The van der Waals surface area contributed by atoms with Crippen LogP contribution in [0.5, 0.6) is 0 Å². The number of rotatable bonds is 8. The summed E-state index contributed by atoms with van der Waals surface area (Å²) in [5.74, 6) is -3.52. The molecule has 0 N–H and O–H groups in total. The van der Waals surface area contributed by atoms with Crippen LogP contribution in [0.15, 0.2) is 48.5 Å². The van der Waals surface area contributed by atoms with Crippen molar-refractivity contribution in [2.24, 2.45) is 11.8 Å². The third-order valence-corrected chi connectivity index (χ3v) is 6.00. The molecule has 0 atom stereocenters. The number of hydrogen-bond acceptors (Lipinski definition) is 4. The molecule has 0 radical (unpaired) electrons. The minimum Gasteiger partial charge on any atom is -0.300 e. The Bertz CT molecular complexity index is 1300. The van der Waals surface area contributed by atoms with E-state index in [9.17, 15) is 17.6 Å². The van der Waals surface area contributed by atoms with Gasteiger partial charge in [-0.05, 0) is 48.2 Å². The molecule has 0 fully saturated rings. The van der Waals surface area contributed by atoms with E-state index in [2.05, 4.69) is 49.8 Å². The van der Waals surface area contributed by atoms with Gasteiger partial charge in [-0.3, -0.25) is 9.97 Å². The van der Waals surface area contributed by atoms with E-state index in [0.29, 0.717) is 24.2 Å². The first-order valence-corrected chi connectivity index (χ1v) is 12.0. The van der Waals surface area contributed by atoms with Gasteiger partial charge >= 0.3 is 21.1 Å². The summed E-state index contributed by atoms with van der Waals surface area (Å²) in [6, 6.07) is 17.6. The van der Waals surface area contributed by atoms with Gasteiger partial charge in [0.2, 0.25) is 0 Å². The number of hydrogen-bond donors (Lipinski definition) is 0. The van der Waals surface area contributed by atoms with E-state index in [4.69, 9.17) is 9.97 Å². The van der Waals surface area contributed by atoms with Gasteiger partial charge in [0.1, 0.15) is 23.8 Å². The molecule has 0 unspecified atom stereocenters. The molecule has 0 aliphatic heterocycles. The maximum Gasteiger partial charge on any atom is 2.00 e. The van der Waals surface area contributed by atoms with Crippen molar-refractivity contribution >= 4 is 0 Å². The van der Waals surface area contributed by atoms with Crippen LogP contribution in [-0.2, 0) is 26.5 Å². The van der Waals surface area contributed by atoms with E-state index in [1.807, 2.05) is 12.1 Å². The maximum absolute atomic E-state index is 14.5. The predicted octanol–water partition coefficient (Wildman–Crippen LogP) is 7.13. The first-order chi connectivity index (χ1) is 17.6. The van der Waals surface area contributed by atoms with Crippen molar-refractivity contribution in [3.8, 4) is 22.5 Å². The summed E-state index contributed by atoms with van der Waals surface area (Å²) in [6.07, 6.45) is 1.28. The third kappa shape index (κ3) is 6.34. The molecule has 0 saturated carbocycles. The van der Waals surface area contributed by atoms with E-state index >= 15 is 0 Å². The minimum atomic E-state index is -1.00. The van der Waals surface area contributed by atoms with E-state index in [0.717, 1.165) is 12.1 Å². The molecule has 9 heteroatoms. The molecule has 4 aromatic rings. The van der Waals surface area contributed by atoms with Gasteiger partial charge in [-0.25, -0.2) is 17.6 Å². The molecule has 4 heterocycles. The molecule has 0 amide bonds. The van der Waals surface area contributed by atoms with E-state index in [1.54, 1.807) is 24.3 Å². The quantitative estimate of drug-likeness (QED) is 0.112. The summed E-state index contributed by atoms with van der Waals surface area (Å²) in [7, 11) is 0. The Balaban J connectivity index is 0.00000400. The Morgan fingerprint density at radius 2 is 1.05 bits per heavy atom. The Morgan fingerprint density at radius 3 is 1.39 bits per heavy atom. The van der Waals surface area contributed by atoms with Gasteiger partial charge in [-0.2, -0.15) is 0 Å². The molecule has 0 spiro atoms. The summed E-state index contributed by atoms with van der Waals surface area (Å²) in [5, 5.41) is 0. The molecular weight excluding hydrogens is 675 g/mol. The second-order valence-corrected chi connectivity index (χ2v) is 9.87. The van der Waals surface area contributed by atoms with Gasteiger partial charge < -0.3 is 9.97 Å². The van der Waals surface area contributed by atoms with Crippen LogP contribution in [0.25, 0.3) is 22.5 Å². The largest absolute Gasteiger partial charge is 2.00 e. The van der Waals surface area contributed by atoms with Crippen molar-refractivity contribution in [1.82, 2.24) is 19.9 Å². The molecule has 0 saturated heterocycles. The predicted molar refractivity (Wildman–Crippen MR) is 132 cm³/mol. The van der Waals surface area contributed by atoms with Crippen LogP contribution in [0.1, 0.15) is 51.9 Å². The van der Waals surface area contributed by atoms with Crippen molar-refractivity contribution in [3.63, 3.8) is 0 Å². The average molecular weight is 702 g/mol. The molecular formula is C29H26F4N4Pt. The van der Waals surface area contributed by atoms with Gasteiger partial charge in [-0.15, -0.1) is 12.1 Å². The standard InChI is InChI=1S/C29H26F4N4.Pt/c1-17(2)15-29(16-18(3)4,23-9-5-7-21(34-23)19-11-13-25(30)36-27(19)32)24-10-6-8-22(35-24)20-12-14-26(31)37-28(20)33;/h5-10,13-14,17-18H,15-16H2,1-4H3;/q-2;+2. The number of pyridine rings is 4. The topological polar surface area (TPSA) is 51.6 Å². The van der Waals surface area contributed by atoms with E-state index in [1.165, 1.54) is 0 Å². The summed E-state index contributed by atoms with van der Waals surface area (Å²) in [5.41, 5.74) is 0.980. The molecule has 0 aromatic carbocycles. The minimum absolute atomic E-state index is 0. The summed E-state index contributed by atoms with van der Waals surface area (Å²) in [6.45, 7) is 8.32. The fourth-order valence-corrected chi connectivity index (χ4v) is 4.81. The maximum atomic E-state index is 14.5. The first-order valence-electron chi connectivity index (χ1n) is 12.0. The second-order valence-electron chi connectivity index (χ2n) is 9.87. The van der Waals surface area contributed by atoms with Crippen molar-refractivity contribution in [2.75, 3.05) is 0 Å². The van der Waals surface area contributed by atoms with Crippen molar-refractivity contribution in [3.05, 3.63) is 95.8 Å². The van der Waals surface area contributed by atoms with Crippen LogP contribution >= 0.6 is 0 Å². The number of nitrogens with zero attached hydrogens (tertiary/aromatic N) is 4. The van der Waals surface area contributed by atoms with Crippen LogP contribution in [-0.4, -0.2) is 19.9 Å². The fourth-order valence-electron chi connectivity index (χ4n) is 4.81. The summed E-state index contributed by atoms with van der Waals surface area (Å²) >= 11 is 0. The van der Waals surface area contributed by atoms with Gasteiger partial charge in [-0.1, -0.05) is 75.2 Å². The smallest absolute Gasteiger partial charge is 0.300 e. The molecule has 0 aliphatic rings. The van der Waals surface area contributed by atoms with Crippen molar-refractivity contribution < 1.29 is 38.6 Å². The third-order valence-electron chi connectivity index (χ3n) is 6.00. The Morgan fingerprint density at radius 1 is 0.658 bits per heavy atom. The monoisotopic (exact) mass is 701 g/mol. The first kappa shape index (κ1) is 29.6. The van der Waals surface area contributed by atoms with Crippen LogP contribution in [0.2, 0.25) is 0 Å². The molecule has 4 nitrogen and oxygen atoms in total. The van der Waals surface area contributed by atoms with Crippen LogP contribution in [0, 0.1) is 47.8 Å². The summed E-state index contributed by atoms with van der Waals surface area (Å²) in [4.78, 5) is 16.1. The van der Waals surface area contributed by atoms with E-state index in [-0.39, 0.29) is 55.4 Å². The zero-order chi connectivity index (χ0) is 26.7. The molecule has 0 bridgehead atoms. The Kier molecular flexibility index (Phi) is 9.53. The SMILES string of the molecule is CC(C)CC(CC(C)C)(c1cccc(-c2[c-]cc(F)nc2F)n1)c1cccc(-c2[c-]cc(F)nc2F)n1.[Pt+2]. The number of aromatic nitrogens is 4. The van der Waals surface area contributed by atoms with E-state index < -0.39 is 29.2 Å². The molecule has 4 rings (SSSR count). The molecule has 200 valence electrons. The van der Waals surface area contributed by atoms with Crippen molar-refractivity contribution in [2.45, 2.75) is 46.0 Å². The fraction of sp³-hybridized carbons (Fsp3) is 0.310. The van der Waals surface area contributed by atoms with Gasteiger partial charge in [0.05, 0.1) is 5.41 Å². The summed E-state index contributed by atoms with van der Waals surface area (Å²) < 4.78 is 55.8. The van der Waals surface area contributed by atoms with Gasteiger partial charge in [0, 0.05) is 11.4 Å². The van der Waals surface area contributed by atoms with Crippen LogP contribution in [0.3, 0.4) is 0 Å². The zero-order valence-electron chi connectivity index (χ0n) is 21.3. The molecule has 0 aliphatic carbocycles. The number of halogens is 4. The van der Waals surface area contributed by atoms with Gasteiger partial charge in [0.25, 0.3) is 0 Å².